The topological polar surface area (TPSA) is 77.4 Å². The van der Waals surface area contributed by atoms with E-state index in [1.807, 2.05) is 24.3 Å². The van der Waals surface area contributed by atoms with Crippen LogP contribution in [0.4, 0.5) is 0 Å². The van der Waals surface area contributed by atoms with E-state index in [1.54, 1.807) is 0 Å². The number of aromatic hydroxyl groups is 2. The minimum atomic E-state index is -0.600. The molecule has 0 aliphatic carbocycles. The maximum absolute atomic E-state index is 12.4. The highest BCUT2D eigenvalue weighted by Crippen LogP contribution is 2.48. The van der Waals surface area contributed by atoms with Gasteiger partial charge in [-0.1, -0.05) is 187 Å². The van der Waals surface area contributed by atoms with Crippen LogP contribution < -0.4 is 0 Å². The van der Waals surface area contributed by atoms with Gasteiger partial charge in [-0.3, -0.25) is 0 Å². The molecular formula is C66H86O6. The predicted octanol–water partition coefficient (Wildman–Crippen LogP) is 15.4. The molecule has 6 nitrogen and oxygen atoms in total. The van der Waals surface area contributed by atoms with Crippen LogP contribution in [0.15, 0.2) is 146 Å². The summed E-state index contributed by atoms with van der Waals surface area (Å²) in [5.74, 6) is 0.626. The number of ether oxygens (including phenoxy) is 4. The monoisotopic (exact) mass is 975 g/mol. The Hall–Kier alpha value is -5.24. The van der Waals surface area contributed by atoms with Crippen molar-refractivity contribution < 1.29 is 29.2 Å². The molecule has 0 radical (unpaired) electrons. The van der Waals surface area contributed by atoms with Crippen molar-refractivity contribution in [2.75, 3.05) is 52.9 Å². The fourth-order valence-corrected chi connectivity index (χ4v) is 9.75. The molecule has 0 spiro atoms. The van der Waals surface area contributed by atoms with Gasteiger partial charge in [-0.25, -0.2) is 0 Å². The van der Waals surface area contributed by atoms with Crippen molar-refractivity contribution >= 4 is 0 Å². The highest BCUT2D eigenvalue weighted by molar-refractivity contribution is 5.61. The summed E-state index contributed by atoms with van der Waals surface area (Å²) in [7, 11) is 0. The fourth-order valence-electron chi connectivity index (χ4n) is 9.75. The molecule has 10 rings (SSSR count). The molecule has 0 unspecified atom stereocenters. The van der Waals surface area contributed by atoms with Gasteiger partial charge in [0.2, 0.25) is 0 Å². The van der Waals surface area contributed by atoms with Gasteiger partial charge in [-0.05, 0) is 133 Å². The van der Waals surface area contributed by atoms with E-state index in [0.29, 0.717) is 24.3 Å². The molecule has 0 atom stereocenters. The summed E-state index contributed by atoms with van der Waals surface area (Å²) in [5, 5.41) is 24.8. The van der Waals surface area contributed by atoms with Crippen LogP contribution >= 0.6 is 0 Å². The van der Waals surface area contributed by atoms with Gasteiger partial charge in [-0.15, -0.1) is 0 Å². The summed E-state index contributed by atoms with van der Waals surface area (Å²) in [6, 6.07) is 50.8. The Labute approximate surface area is 434 Å². The fraction of sp³-hybridized carbons (Fsp3) is 0.455. The van der Waals surface area contributed by atoms with Gasteiger partial charge in [0.05, 0.1) is 0 Å². The van der Waals surface area contributed by atoms with Crippen molar-refractivity contribution in [1.82, 2.24) is 0 Å². The van der Waals surface area contributed by atoms with E-state index in [-0.39, 0.29) is 10.8 Å². The number of benzene rings is 6. The maximum atomic E-state index is 12.4. The third-order valence-corrected chi connectivity index (χ3v) is 14.6. The summed E-state index contributed by atoms with van der Waals surface area (Å²) >= 11 is 0. The lowest BCUT2D eigenvalue weighted by molar-refractivity contribution is 0.198. The molecule has 4 fully saturated rings. The largest absolute Gasteiger partial charge is 0.507 e. The first kappa shape index (κ1) is 56.1. The smallest absolute Gasteiger partial charge is 0.123 e. The van der Waals surface area contributed by atoms with Crippen LogP contribution in [-0.2, 0) is 53.4 Å². The Bertz CT molecular complexity index is 2170. The minimum absolute atomic E-state index is 0.153. The van der Waals surface area contributed by atoms with E-state index in [2.05, 4.69) is 177 Å². The second kappa shape index (κ2) is 27.2. The molecule has 6 heteroatoms. The highest BCUT2D eigenvalue weighted by Gasteiger charge is 2.37. The van der Waals surface area contributed by atoms with Crippen LogP contribution in [0, 0.1) is 0 Å². The lowest BCUT2D eigenvalue weighted by Crippen LogP contribution is -2.27. The molecule has 4 aliphatic heterocycles. The van der Waals surface area contributed by atoms with Gasteiger partial charge in [0.15, 0.2) is 0 Å². The average molecular weight is 975 g/mol. The molecule has 4 saturated heterocycles. The summed E-state index contributed by atoms with van der Waals surface area (Å²) in [6.45, 7) is 25.8. The van der Waals surface area contributed by atoms with Crippen molar-refractivity contribution in [3.8, 4) is 11.5 Å². The van der Waals surface area contributed by atoms with E-state index in [0.717, 1.165) is 97.4 Å². The molecule has 4 heterocycles. The number of hydrogen-bond donors (Lipinski definition) is 2. The van der Waals surface area contributed by atoms with Crippen molar-refractivity contribution in [2.45, 2.75) is 141 Å². The Kier molecular flexibility index (Phi) is 21.2. The molecular weight excluding hydrogens is 889 g/mol. The normalized spacial score (nSPS) is 15.7. The quantitative estimate of drug-likeness (QED) is 0.141. The maximum Gasteiger partial charge on any atom is 0.123 e. The van der Waals surface area contributed by atoms with Gasteiger partial charge < -0.3 is 29.2 Å². The molecule has 6 aromatic rings. The molecule has 0 aromatic heterocycles. The Balaban J connectivity index is 0.000000346. The van der Waals surface area contributed by atoms with Gasteiger partial charge in [-0.2, -0.15) is 0 Å². The van der Waals surface area contributed by atoms with Gasteiger partial charge in [0.1, 0.15) is 11.5 Å². The van der Waals surface area contributed by atoms with Crippen LogP contribution in [0.3, 0.4) is 0 Å². The number of phenols is 2. The molecule has 72 heavy (non-hydrogen) atoms. The zero-order valence-electron chi connectivity index (χ0n) is 45.1. The molecule has 4 aliphatic rings. The zero-order valence-corrected chi connectivity index (χ0v) is 45.1. The number of aryl methyl sites for hydroxylation is 2. The Morgan fingerprint density at radius 1 is 0.319 bits per heavy atom. The van der Waals surface area contributed by atoms with Crippen LogP contribution in [0.2, 0.25) is 0 Å². The van der Waals surface area contributed by atoms with Crippen molar-refractivity contribution in [3.05, 3.63) is 201 Å². The standard InChI is InChI=1S/C50H54O2.4C4H8O/c1-47(2,3)41-31-35(45(51)43(33-41)49(7,37-21-13-9-14-22-37)38-23-15-10-16-24-38)29-30-36-32-42(48(4,5)6)34-44(46(36)52)50(8,39-25-17-11-18-26-39)40-27-19-12-20-28-40;4*1-2-4-5-3-1/h9-28,31-34,51-52H,29-30H2,1-8H3;4*1-4H2. The minimum Gasteiger partial charge on any atom is -0.507 e. The molecule has 6 aromatic carbocycles. The number of rotatable bonds is 9. The van der Waals surface area contributed by atoms with Crippen LogP contribution in [0.25, 0.3) is 0 Å². The summed E-state index contributed by atoms with van der Waals surface area (Å²) in [6.07, 6.45) is 11.4. The highest BCUT2D eigenvalue weighted by atomic mass is 16.5. The summed E-state index contributed by atoms with van der Waals surface area (Å²) in [5.41, 5.74) is 8.87. The van der Waals surface area contributed by atoms with Crippen molar-refractivity contribution in [2.24, 2.45) is 0 Å². The predicted molar refractivity (Wildman–Crippen MR) is 298 cm³/mol. The number of hydrogen-bond acceptors (Lipinski definition) is 6. The Morgan fingerprint density at radius 2 is 0.542 bits per heavy atom. The summed E-state index contributed by atoms with van der Waals surface area (Å²) < 4.78 is 19.8. The van der Waals surface area contributed by atoms with E-state index < -0.39 is 10.8 Å². The van der Waals surface area contributed by atoms with Crippen molar-refractivity contribution in [1.29, 1.82) is 0 Å². The second-order valence-electron chi connectivity index (χ2n) is 22.1. The van der Waals surface area contributed by atoms with E-state index in [9.17, 15) is 10.2 Å². The first-order chi connectivity index (χ1) is 34.6. The zero-order chi connectivity index (χ0) is 51.5. The molecule has 0 amide bonds. The van der Waals surface area contributed by atoms with Gasteiger partial charge in [0, 0.05) is 74.8 Å². The molecule has 0 bridgehead atoms. The lowest BCUT2D eigenvalue weighted by atomic mass is 9.68. The second-order valence-corrected chi connectivity index (χ2v) is 22.1. The third kappa shape index (κ3) is 15.2. The van der Waals surface area contributed by atoms with Gasteiger partial charge >= 0.3 is 0 Å². The van der Waals surface area contributed by atoms with E-state index >= 15 is 0 Å². The molecule has 2 N–H and O–H groups in total. The van der Waals surface area contributed by atoms with Crippen LogP contribution in [0.5, 0.6) is 11.5 Å². The average Bonchev–Trinajstić information content (AvgIpc) is 4.27. The first-order valence-corrected chi connectivity index (χ1v) is 26.9. The van der Waals surface area contributed by atoms with Crippen LogP contribution in [0.1, 0.15) is 162 Å². The van der Waals surface area contributed by atoms with Crippen molar-refractivity contribution in [3.63, 3.8) is 0 Å². The third-order valence-electron chi connectivity index (χ3n) is 14.6. The van der Waals surface area contributed by atoms with E-state index in [1.165, 1.54) is 62.5 Å². The first-order valence-electron chi connectivity index (χ1n) is 26.9. The molecule has 0 saturated carbocycles. The SMILES string of the molecule is C1CCOC1.C1CCOC1.C1CCOC1.C1CCOC1.CC(C)(C)c1cc(CCc2cc(C(C)(C)C)cc(C(C)(c3ccccc3)c3ccccc3)c2O)c(O)c(C(C)(c2ccccc2)c2ccccc2)c1. The lowest BCUT2D eigenvalue weighted by Gasteiger charge is -2.35. The number of phenolic OH excluding ortho intramolecular Hbond substituents is 2. The summed E-state index contributed by atoms with van der Waals surface area (Å²) in [4.78, 5) is 0. The van der Waals surface area contributed by atoms with Crippen LogP contribution in [-0.4, -0.2) is 63.1 Å². The van der Waals surface area contributed by atoms with E-state index in [4.69, 9.17) is 18.9 Å². The van der Waals surface area contributed by atoms with Gasteiger partial charge in [0.25, 0.3) is 0 Å². The Morgan fingerprint density at radius 3 is 0.722 bits per heavy atom. The molecule has 386 valence electrons.